The van der Waals surface area contributed by atoms with Crippen molar-refractivity contribution in [2.24, 2.45) is 0 Å². The average molecular weight is 190 g/mol. The molecule has 0 heterocycles. The van der Waals surface area contributed by atoms with Gasteiger partial charge in [0.1, 0.15) is 0 Å². The van der Waals surface area contributed by atoms with E-state index in [0.717, 1.165) is 11.1 Å². The van der Waals surface area contributed by atoms with E-state index >= 15 is 0 Å². The summed E-state index contributed by atoms with van der Waals surface area (Å²) in [6.45, 7) is 3.92. The van der Waals surface area contributed by atoms with E-state index < -0.39 is 0 Å². The van der Waals surface area contributed by atoms with Crippen molar-refractivity contribution in [1.29, 1.82) is 0 Å². The van der Waals surface area contributed by atoms with Crippen molar-refractivity contribution in [3.05, 3.63) is 41.5 Å². The van der Waals surface area contributed by atoms with Crippen LogP contribution in [-0.4, -0.2) is 13.1 Å². The molecule has 0 spiro atoms. The van der Waals surface area contributed by atoms with E-state index in [9.17, 15) is 4.79 Å². The Kier molecular flexibility index (Phi) is 3.46. The minimum absolute atomic E-state index is 0.317. The predicted octanol–water partition coefficient (Wildman–Crippen LogP) is 2.57. The lowest BCUT2D eigenvalue weighted by Crippen LogP contribution is -1.95. The summed E-state index contributed by atoms with van der Waals surface area (Å²) in [6, 6.07) is 8.02. The first-order chi connectivity index (χ1) is 6.63. The number of rotatable bonds is 2. The van der Waals surface area contributed by atoms with E-state index in [-0.39, 0.29) is 5.97 Å². The van der Waals surface area contributed by atoms with E-state index in [1.54, 1.807) is 0 Å². The SMILES string of the molecule is COC(=O)/C=C(/C)c1ccc(C)cc1. The highest BCUT2D eigenvalue weighted by Crippen LogP contribution is 2.14. The van der Waals surface area contributed by atoms with Crippen LogP contribution < -0.4 is 0 Å². The molecule has 0 unspecified atom stereocenters. The summed E-state index contributed by atoms with van der Waals surface area (Å²) in [5.41, 5.74) is 3.16. The quantitative estimate of drug-likeness (QED) is 0.529. The Bertz CT molecular complexity index is 347. The van der Waals surface area contributed by atoms with Crippen LogP contribution in [0.5, 0.6) is 0 Å². The van der Waals surface area contributed by atoms with Gasteiger partial charge < -0.3 is 4.74 Å². The predicted molar refractivity (Wildman–Crippen MR) is 56.8 cm³/mol. The molecule has 0 amide bonds. The molecule has 0 saturated heterocycles. The highest BCUT2D eigenvalue weighted by atomic mass is 16.5. The molecule has 1 aromatic rings. The first-order valence-corrected chi connectivity index (χ1v) is 4.47. The molecule has 2 heteroatoms. The minimum Gasteiger partial charge on any atom is -0.466 e. The number of methoxy groups -OCH3 is 1. The molecule has 14 heavy (non-hydrogen) atoms. The Morgan fingerprint density at radius 1 is 1.29 bits per heavy atom. The second-order valence-electron chi connectivity index (χ2n) is 3.22. The lowest BCUT2D eigenvalue weighted by Gasteiger charge is -2.01. The summed E-state index contributed by atoms with van der Waals surface area (Å²) in [5.74, 6) is -0.317. The molecular weight excluding hydrogens is 176 g/mol. The highest BCUT2D eigenvalue weighted by molar-refractivity contribution is 5.90. The summed E-state index contributed by atoms with van der Waals surface area (Å²) in [6.07, 6.45) is 1.49. The molecule has 0 saturated carbocycles. The Hall–Kier alpha value is -1.57. The maximum Gasteiger partial charge on any atom is 0.330 e. The van der Waals surface area contributed by atoms with Gasteiger partial charge in [0.25, 0.3) is 0 Å². The van der Waals surface area contributed by atoms with Gasteiger partial charge in [0.15, 0.2) is 0 Å². The van der Waals surface area contributed by atoms with Crippen LogP contribution in [0, 0.1) is 6.92 Å². The third kappa shape index (κ3) is 2.73. The van der Waals surface area contributed by atoms with Gasteiger partial charge in [-0.2, -0.15) is 0 Å². The molecule has 1 rings (SSSR count). The molecule has 0 radical (unpaired) electrons. The van der Waals surface area contributed by atoms with E-state index in [0.29, 0.717) is 0 Å². The van der Waals surface area contributed by atoms with Crippen molar-refractivity contribution in [3.8, 4) is 0 Å². The Morgan fingerprint density at radius 2 is 1.86 bits per heavy atom. The standard InChI is InChI=1S/C12H14O2/c1-9-4-6-11(7-5-9)10(2)8-12(13)14-3/h4-8H,1-3H3/b10-8-. The number of carbonyl (C=O) groups is 1. The lowest BCUT2D eigenvalue weighted by molar-refractivity contribution is -0.134. The van der Waals surface area contributed by atoms with E-state index in [4.69, 9.17) is 0 Å². The average Bonchev–Trinajstić information content (AvgIpc) is 2.18. The van der Waals surface area contributed by atoms with Crippen LogP contribution in [0.1, 0.15) is 18.1 Å². The number of ether oxygens (including phenoxy) is 1. The number of esters is 1. The smallest absolute Gasteiger partial charge is 0.330 e. The van der Waals surface area contributed by atoms with Crippen molar-refractivity contribution >= 4 is 11.5 Å². The summed E-state index contributed by atoms with van der Waals surface area (Å²) in [5, 5.41) is 0. The zero-order valence-electron chi connectivity index (χ0n) is 8.70. The second kappa shape index (κ2) is 4.61. The van der Waals surface area contributed by atoms with Crippen LogP contribution in [0.15, 0.2) is 30.3 Å². The third-order valence-electron chi connectivity index (χ3n) is 2.04. The molecule has 0 N–H and O–H groups in total. The van der Waals surface area contributed by atoms with Gasteiger partial charge in [-0.05, 0) is 25.0 Å². The summed E-state index contributed by atoms with van der Waals surface area (Å²) < 4.78 is 4.55. The van der Waals surface area contributed by atoms with E-state index in [1.807, 2.05) is 38.1 Å². The number of benzene rings is 1. The van der Waals surface area contributed by atoms with Crippen molar-refractivity contribution in [3.63, 3.8) is 0 Å². The molecule has 74 valence electrons. The largest absolute Gasteiger partial charge is 0.466 e. The molecule has 0 aliphatic rings. The van der Waals surface area contributed by atoms with Crippen LogP contribution >= 0.6 is 0 Å². The van der Waals surface area contributed by atoms with Gasteiger partial charge in [0.2, 0.25) is 0 Å². The molecule has 0 atom stereocenters. The number of hydrogen-bond donors (Lipinski definition) is 0. The zero-order chi connectivity index (χ0) is 10.6. The summed E-state index contributed by atoms with van der Waals surface area (Å²) in [4.78, 5) is 11.0. The fourth-order valence-electron chi connectivity index (χ4n) is 1.14. The van der Waals surface area contributed by atoms with Gasteiger partial charge in [-0.3, -0.25) is 0 Å². The van der Waals surface area contributed by atoms with Gasteiger partial charge in [0.05, 0.1) is 7.11 Å². The van der Waals surface area contributed by atoms with Crippen molar-refractivity contribution in [2.45, 2.75) is 13.8 Å². The Labute approximate surface area is 84.2 Å². The fourth-order valence-corrected chi connectivity index (χ4v) is 1.14. The zero-order valence-corrected chi connectivity index (χ0v) is 8.70. The molecule has 0 aliphatic heterocycles. The normalized spacial score (nSPS) is 11.2. The van der Waals surface area contributed by atoms with Gasteiger partial charge >= 0.3 is 5.97 Å². The van der Waals surface area contributed by atoms with E-state index in [2.05, 4.69) is 4.74 Å². The van der Waals surface area contributed by atoms with Crippen LogP contribution in [0.4, 0.5) is 0 Å². The molecule has 0 fully saturated rings. The fraction of sp³-hybridized carbons (Fsp3) is 0.250. The minimum atomic E-state index is -0.317. The number of allylic oxidation sites excluding steroid dienone is 1. The van der Waals surface area contributed by atoms with Crippen LogP contribution in [0.2, 0.25) is 0 Å². The van der Waals surface area contributed by atoms with Crippen LogP contribution in [0.25, 0.3) is 5.57 Å². The maximum absolute atomic E-state index is 11.0. The van der Waals surface area contributed by atoms with Crippen molar-refractivity contribution in [2.75, 3.05) is 7.11 Å². The monoisotopic (exact) mass is 190 g/mol. The first-order valence-electron chi connectivity index (χ1n) is 4.47. The van der Waals surface area contributed by atoms with Crippen LogP contribution in [-0.2, 0) is 9.53 Å². The summed E-state index contributed by atoms with van der Waals surface area (Å²) >= 11 is 0. The first kappa shape index (κ1) is 10.5. The lowest BCUT2D eigenvalue weighted by atomic mass is 10.1. The van der Waals surface area contributed by atoms with E-state index in [1.165, 1.54) is 18.7 Å². The molecule has 2 nitrogen and oxygen atoms in total. The molecular formula is C12H14O2. The molecule has 0 aliphatic carbocycles. The number of carbonyl (C=O) groups excluding carboxylic acids is 1. The molecule has 0 bridgehead atoms. The Morgan fingerprint density at radius 3 is 2.36 bits per heavy atom. The van der Waals surface area contributed by atoms with Gasteiger partial charge in [0, 0.05) is 6.08 Å². The maximum atomic E-state index is 11.0. The Balaban J connectivity index is 2.89. The van der Waals surface area contributed by atoms with Crippen molar-refractivity contribution < 1.29 is 9.53 Å². The number of aryl methyl sites for hydroxylation is 1. The molecule has 1 aromatic carbocycles. The topological polar surface area (TPSA) is 26.3 Å². The van der Waals surface area contributed by atoms with Crippen molar-refractivity contribution in [1.82, 2.24) is 0 Å². The van der Waals surface area contributed by atoms with Crippen LogP contribution in [0.3, 0.4) is 0 Å². The highest BCUT2D eigenvalue weighted by Gasteiger charge is 1.99. The number of hydrogen-bond acceptors (Lipinski definition) is 2. The molecule has 0 aromatic heterocycles. The third-order valence-corrected chi connectivity index (χ3v) is 2.04. The second-order valence-corrected chi connectivity index (χ2v) is 3.22. The van der Waals surface area contributed by atoms with Gasteiger partial charge in [-0.25, -0.2) is 4.79 Å². The van der Waals surface area contributed by atoms with Gasteiger partial charge in [-0.15, -0.1) is 0 Å². The van der Waals surface area contributed by atoms with Gasteiger partial charge in [-0.1, -0.05) is 29.8 Å². The summed E-state index contributed by atoms with van der Waals surface area (Å²) in [7, 11) is 1.38.